The van der Waals surface area contributed by atoms with Gasteiger partial charge in [0.05, 0.1) is 6.10 Å². The first-order valence-corrected chi connectivity index (χ1v) is 11.0. The maximum Gasteiger partial charge on any atom is 0.303 e. The number of hydrogen-bond donors (Lipinski definition) is 2. The molecule has 3 unspecified atom stereocenters. The summed E-state index contributed by atoms with van der Waals surface area (Å²) in [5.74, 6) is 0.0769. The molecule has 0 saturated heterocycles. The van der Waals surface area contributed by atoms with Crippen molar-refractivity contribution in [1.82, 2.24) is 0 Å². The van der Waals surface area contributed by atoms with E-state index in [1.165, 1.54) is 5.56 Å². The number of aliphatic hydroxyl groups excluding tert-OH is 1. The number of Topliss-reactive ketones (excluding diaryl/α,β-unsaturated/α-hetero) is 1. The van der Waals surface area contributed by atoms with E-state index >= 15 is 0 Å². The maximum absolute atomic E-state index is 12.4. The zero-order valence-electron chi connectivity index (χ0n) is 17.2. The van der Waals surface area contributed by atoms with E-state index < -0.39 is 5.97 Å². The third-order valence-corrected chi connectivity index (χ3v) is 6.03. The van der Waals surface area contributed by atoms with Gasteiger partial charge in [0.25, 0.3) is 0 Å². The van der Waals surface area contributed by atoms with Gasteiger partial charge in [-0.1, -0.05) is 63.3 Å². The van der Waals surface area contributed by atoms with Gasteiger partial charge in [-0.25, -0.2) is 0 Å². The molecule has 28 heavy (non-hydrogen) atoms. The summed E-state index contributed by atoms with van der Waals surface area (Å²) in [6, 6.07) is 8.50. The van der Waals surface area contributed by atoms with E-state index in [0.29, 0.717) is 24.5 Å². The fourth-order valence-corrected chi connectivity index (χ4v) is 4.38. The Kier molecular flexibility index (Phi) is 9.69. The van der Waals surface area contributed by atoms with Gasteiger partial charge in [-0.05, 0) is 49.1 Å². The van der Waals surface area contributed by atoms with Crippen molar-refractivity contribution < 1.29 is 19.8 Å². The van der Waals surface area contributed by atoms with E-state index in [4.69, 9.17) is 5.11 Å². The van der Waals surface area contributed by atoms with Crippen LogP contribution in [-0.4, -0.2) is 28.1 Å². The predicted octanol–water partition coefficient (Wildman–Crippen LogP) is 5.27. The van der Waals surface area contributed by atoms with Crippen molar-refractivity contribution in [3.63, 3.8) is 0 Å². The van der Waals surface area contributed by atoms with Crippen molar-refractivity contribution in [2.45, 2.75) is 96.0 Å². The lowest BCUT2D eigenvalue weighted by atomic mass is 9.84. The lowest BCUT2D eigenvalue weighted by molar-refractivity contribution is -0.137. The van der Waals surface area contributed by atoms with Crippen LogP contribution in [0.15, 0.2) is 24.3 Å². The second-order valence-corrected chi connectivity index (χ2v) is 8.31. The number of hydrogen-bond acceptors (Lipinski definition) is 3. The van der Waals surface area contributed by atoms with Crippen molar-refractivity contribution in [3.05, 3.63) is 35.4 Å². The fraction of sp³-hybridized carbons (Fsp3) is 0.667. The molecule has 4 nitrogen and oxygen atoms in total. The van der Waals surface area contributed by atoms with E-state index in [0.717, 1.165) is 63.4 Å². The van der Waals surface area contributed by atoms with Crippen LogP contribution < -0.4 is 0 Å². The van der Waals surface area contributed by atoms with E-state index in [1.807, 2.05) is 0 Å². The summed E-state index contributed by atoms with van der Waals surface area (Å²) in [4.78, 5) is 22.9. The molecule has 0 spiro atoms. The topological polar surface area (TPSA) is 74.6 Å². The molecule has 3 atom stereocenters. The number of aliphatic hydroxyl groups is 1. The Morgan fingerprint density at radius 2 is 1.82 bits per heavy atom. The largest absolute Gasteiger partial charge is 0.481 e. The van der Waals surface area contributed by atoms with Gasteiger partial charge >= 0.3 is 5.97 Å². The molecule has 1 aliphatic carbocycles. The minimum Gasteiger partial charge on any atom is -0.481 e. The van der Waals surface area contributed by atoms with Crippen LogP contribution in [0, 0.1) is 5.92 Å². The second kappa shape index (κ2) is 12.0. The van der Waals surface area contributed by atoms with Gasteiger partial charge in [0.15, 0.2) is 0 Å². The zero-order chi connectivity index (χ0) is 20.4. The number of carboxylic acid groups (broad SMARTS) is 1. The molecule has 1 aromatic rings. The minimum absolute atomic E-state index is 0.112. The summed E-state index contributed by atoms with van der Waals surface area (Å²) in [5, 5.41) is 18.8. The first-order valence-electron chi connectivity index (χ1n) is 11.0. The van der Waals surface area contributed by atoms with Crippen molar-refractivity contribution in [3.8, 4) is 0 Å². The third-order valence-electron chi connectivity index (χ3n) is 6.03. The zero-order valence-corrected chi connectivity index (χ0v) is 17.2. The lowest BCUT2D eigenvalue weighted by Crippen LogP contribution is -2.14. The molecule has 4 heteroatoms. The summed E-state index contributed by atoms with van der Waals surface area (Å²) in [7, 11) is 0. The number of ketones is 1. The van der Waals surface area contributed by atoms with Gasteiger partial charge in [0.1, 0.15) is 5.78 Å². The summed E-state index contributed by atoms with van der Waals surface area (Å²) in [5.41, 5.74) is 2.40. The fourth-order valence-electron chi connectivity index (χ4n) is 4.38. The van der Waals surface area contributed by atoms with Crippen molar-refractivity contribution >= 4 is 11.8 Å². The first kappa shape index (κ1) is 22.6. The number of carboxylic acids is 1. The Bertz CT molecular complexity index is 608. The van der Waals surface area contributed by atoms with Crippen LogP contribution in [0.25, 0.3) is 0 Å². The molecule has 0 amide bonds. The minimum atomic E-state index is -0.729. The normalized spacial score (nSPS) is 20.4. The Morgan fingerprint density at radius 1 is 1.11 bits per heavy atom. The quantitative estimate of drug-likeness (QED) is 0.452. The Balaban J connectivity index is 1.83. The smallest absolute Gasteiger partial charge is 0.303 e. The molecular weight excluding hydrogens is 352 g/mol. The average molecular weight is 389 g/mol. The van der Waals surface area contributed by atoms with E-state index in [2.05, 4.69) is 31.2 Å². The number of rotatable bonds is 13. The molecule has 0 radical (unpaired) electrons. The third kappa shape index (κ3) is 7.38. The molecule has 0 bridgehead atoms. The van der Waals surface area contributed by atoms with Crippen LogP contribution in [0.2, 0.25) is 0 Å². The predicted molar refractivity (Wildman–Crippen MR) is 111 cm³/mol. The summed E-state index contributed by atoms with van der Waals surface area (Å²) >= 11 is 0. The van der Waals surface area contributed by atoms with E-state index in [-0.39, 0.29) is 18.4 Å². The van der Waals surface area contributed by atoms with Crippen molar-refractivity contribution in [1.29, 1.82) is 0 Å². The second-order valence-electron chi connectivity index (χ2n) is 8.31. The summed E-state index contributed by atoms with van der Waals surface area (Å²) < 4.78 is 0. The highest BCUT2D eigenvalue weighted by atomic mass is 16.4. The van der Waals surface area contributed by atoms with Gasteiger partial charge < -0.3 is 10.2 Å². The Hall–Kier alpha value is -1.68. The lowest BCUT2D eigenvalue weighted by Gasteiger charge is -2.19. The molecule has 1 saturated carbocycles. The highest BCUT2D eigenvalue weighted by Gasteiger charge is 2.34. The van der Waals surface area contributed by atoms with Crippen molar-refractivity contribution in [2.75, 3.05) is 0 Å². The van der Waals surface area contributed by atoms with Crippen LogP contribution in [0.5, 0.6) is 0 Å². The van der Waals surface area contributed by atoms with Crippen molar-refractivity contribution in [2.24, 2.45) is 5.92 Å². The van der Waals surface area contributed by atoms with Crippen LogP contribution in [0.4, 0.5) is 0 Å². The van der Waals surface area contributed by atoms with Crippen LogP contribution in [0.3, 0.4) is 0 Å². The molecule has 156 valence electrons. The molecule has 0 aromatic heterocycles. The van der Waals surface area contributed by atoms with E-state index in [9.17, 15) is 14.7 Å². The standard InChI is InChI=1S/C24H36O4/c1-2-3-8-20(25)17-18-11-13-19(14-12-18)21-15-16-23(26)22(21)9-6-4-5-7-10-24(27)28/h11-14,20-22,25H,2-10,15-17H2,1H3,(H,27,28). The molecule has 1 fully saturated rings. The Labute approximate surface area is 169 Å². The highest BCUT2D eigenvalue weighted by Crippen LogP contribution is 2.40. The number of benzene rings is 1. The molecule has 1 aliphatic rings. The first-order chi connectivity index (χ1) is 13.5. The SMILES string of the molecule is CCCCC(O)Cc1ccc(C2CCC(=O)C2CCCCCCC(=O)O)cc1. The number of carbonyl (C=O) groups excluding carboxylic acids is 1. The van der Waals surface area contributed by atoms with Gasteiger partial charge in [-0.15, -0.1) is 0 Å². The maximum atomic E-state index is 12.4. The van der Waals surface area contributed by atoms with E-state index in [1.54, 1.807) is 0 Å². The van der Waals surface area contributed by atoms with Gasteiger partial charge in [-0.2, -0.15) is 0 Å². The average Bonchev–Trinajstić information content (AvgIpc) is 3.04. The number of carbonyl (C=O) groups is 2. The molecule has 2 N–H and O–H groups in total. The molecule has 0 aliphatic heterocycles. The summed E-state index contributed by atoms with van der Waals surface area (Å²) in [6.45, 7) is 2.14. The summed E-state index contributed by atoms with van der Waals surface area (Å²) in [6.07, 6.45) is 9.84. The van der Waals surface area contributed by atoms with Gasteiger partial charge in [0.2, 0.25) is 0 Å². The van der Waals surface area contributed by atoms with Gasteiger partial charge in [0, 0.05) is 18.8 Å². The monoisotopic (exact) mass is 388 g/mol. The van der Waals surface area contributed by atoms with Crippen LogP contribution >= 0.6 is 0 Å². The molecule has 1 aromatic carbocycles. The molecule has 2 rings (SSSR count). The number of unbranched alkanes of at least 4 members (excludes halogenated alkanes) is 4. The Morgan fingerprint density at radius 3 is 2.50 bits per heavy atom. The number of aliphatic carboxylic acids is 1. The van der Waals surface area contributed by atoms with Crippen LogP contribution in [0.1, 0.15) is 94.6 Å². The molecular formula is C24H36O4. The van der Waals surface area contributed by atoms with Gasteiger partial charge in [-0.3, -0.25) is 9.59 Å². The molecule has 0 heterocycles. The van der Waals surface area contributed by atoms with Crippen LogP contribution in [-0.2, 0) is 16.0 Å². The highest BCUT2D eigenvalue weighted by molar-refractivity contribution is 5.84.